The van der Waals surface area contributed by atoms with E-state index in [2.05, 4.69) is 36.6 Å². The summed E-state index contributed by atoms with van der Waals surface area (Å²) in [5, 5.41) is 10.6. The SMILES string of the molecule is COc1cccc(CNC(=O)C2C=CC(Cn3nc(C)c(NC(=O)c4cc(C(F)(F)F)nc5ccc(Br)cc45)c3C)=CC2)c1. The molecule has 4 aromatic rings. The minimum atomic E-state index is -4.72. The van der Waals surface area contributed by atoms with Crippen molar-refractivity contribution in [3.05, 3.63) is 105 Å². The molecule has 2 aromatic carbocycles. The zero-order valence-electron chi connectivity index (χ0n) is 24.1. The predicted molar refractivity (Wildman–Crippen MR) is 164 cm³/mol. The molecular weight excluding hydrogens is 639 g/mol. The quantitative estimate of drug-likeness (QED) is 0.213. The van der Waals surface area contributed by atoms with Crippen molar-refractivity contribution in [2.24, 2.45) is 5.92 Å². The number of nitrogens with zero attached hydrogens (tertiary/aromatic N) is 3. The van der Waals surface area contributed by atoms with Crippen LogP contribution in [-0.2, 0) is 24.1 Å². The second-order valence-corrected chi connectivity index (χ2v) is 11.3. The summed E-state index contributed by atoms with van der Waals surface area (Å²) >= 11 is 3.32. The molecular formula is C32H29BrF3N5O3. The molecule has 0 radical (unpaired) electrons. The van der Waals surface area contributed by atoms with Gasteiger partial charge in [-0.2, -0.15) is 18.3 Å². The lowest BCUT2D eigenvalue weighted by Crippen LogP contribution is -2.29. The number of carbonyl (C=O) groups is 2. The Morgan fingerprint density at radius 3 is 2.64 bits per heavy atom. The predicted octanol–water partition coefficient (Wildman–Crippen LogP) is 6.91. The molecule has 12 heteroatoms. The van der Waals surface area contributed by atoms with Gasteiger partial charge in [0.1, 0.15) is 11.4 Å². The Bertz CT molecular complexity index is 1810. The second-order valence-electron chi connectivity index (χ2n) is 10.4. The molecule has 8 nitrogen and oxygen atoms in total. The van der Waals surface area contributed by atoms with E-state index in [1.54, 1.807) is 37.8 Å². The molecule has 2 aromatic heterocycles. The molecule has 1 unspecified atom stereocenters. The third-order valence-corrected chi connectivity index (χ3v) is 7.87. The van der Waals surface area contributed by atoms with Crippen LogP contribution in [-0.4, -0.2) is 33.7 Å². The first-order valence-electron chi connectivity index (χ1n) is 13.7. The van der Waals surface area contributed by atoms with Gasteiger partial charge in [0, 0.05) is 16.4 Å². The van der Waals surface area contributed by atoms with E-state index in [1.165, 1.54) is 6.07 Å². The highest BCUT2D eigenvalue weighted by atomic mass is 79.9. The zero-order chi connectivity index (χ0) is 31.6. The van der Waals surface area contributed by atoms with Crippen LogP contribution in [0.5, 0.6) is 5.75 Å². The number of ether oxygens (including phenoxy) is 1. The summed E-state index contributed by atoms with van der Waals surface area (Å²) in [6, 6.07) is 12.8. The topological polar surface area (TPSA) is 98.1 Å². The Hall–Kier alpha value is -4.45. The molecule has 0 spiro atoms. The molecule has 5 rings (SSSR count). The van der Waals surface area contributed by atoms with Crippen molar-refractivity contribution in [1.29, 1.82) is 0 Å². The van der Waals surface area contributed by atoms with Crippen LogP contribution in [0.2, 0.25) is 0 Å². The second kappa shape index (κ2) is 12.7. The highest BCUT2D eigenvalue weighted by Crippen LogP contribution is 2.33. The van der Waals surface area contributed by atoms with E-state index >= 15 is 0 Å². The summed E-state index contributed by atoms with van der Waals surface area (Å²) in [5.41, 5.74) is 2.20. The van der Waals surface area contributed by atoms with Crippen molar-refractivity contribution < 1.29 is 27.5 Å². The number of nitrogens with one attached hydrogen (secondary N) is 2. The van der Waals surface area contributed by atoms with E-state index in [-0.39, 0.29) is 28.3 Å². The molecule has 44 heavy (non-hydrogen) atoms. The number of methoxy groups -OCH3 is 1. The lowest BCUT2D eigenvalue weighted by molar-refractivity contribution is -0.141. The van der Waals surface area contributed by atoms with Crippen LogP contribution in [0, 0.1) is 19.8 Å². The molecule has 2 amide bonds. The number of amides is 2. The summed E-state index contributed by atoms with van der Waals surface area (Å²) in [7, 11) is 1.59. The normalized spacial score (nSPS) is 14.8. The minimum absolute atomic E-state index is 0.0561. The van der Waals surface area contributed by atoms with Crippen LogP contribution in [0.1, 0.15) is 39.4 Å². The Labute approximate surface area is 260 Å². The minimum Gasteiger partial charge on any atom is -0.497 e. The average molecular weight is 669 g/mol. The zero-order valence-corrected chi connectivity index (χ0v) is 25.7. The summed E-state index contributed by atoms with van der Waals surface area (Å²) in [5.74, 6) is -0.369. The monoisotopic (exact) mass is 667 g/mol. The van der Waals surface area contributed by atoms with Crippen LogP contribution in [0.15, 0.2) is 76.8 Å². The van der Waals surface area contributed by atoms with Gasteiger partial charge in [0.2, 0.25) is 5.91 Å². The van der Waals surface area contributed by atoms with E-state index in [0.717, 1.165) is 23.0 Å². The Kier molecular flexibility index (Phi) is 8.91. The third-order valence-electron chi connectivity index (χ3n) is 7.37. The summed E-state index contributed by atoms with van der Waals surface area (Å²) in [4.78, 5) is 29.8. The van der Waals surface area contributed by atoms with Crippen LogP contribution in [0.4, 0.5) is 18.9 Å². The molecule has 2 N–H and O–H groups in total. The largest absolute Gasteiger partial charge is 0.497 e. The number of allylic oxidation sites excluding steroid dienone is 3. The van der Waals surface area contributed by atoms with Crippen molar-refractivity contribution in [2.75, 3.05) is 12.4 Å². The lowest BCUT2D eigenvalue weighted by Gasteiger charge is -2.17. The first-order valence-corrected chi connectivity index (χ1v) is 14.5. The molecule has 228 valence electrons. The molecule has 0 bridgehead atoms. The van der Waals surface area contributed by atoms with Gasteiger partial charge in [-0.1, -0.05) is 46.3 Å². The molecule has 1 atom stereocenters. The molecule has 0 fully saturated rings. The van der Waals surface area contributed by atoms with Crippen LogP contribution in [0.25, 0.3) is 10.9 Å². The number of hydrogen-bond acceptors (Lipinski definition) is 5. The molecule has 0 saturated heterocycles. The molecule has 1 aliphatic carbocycles. The van der Waals surface area contributed by atoms with Crippen molar-refractivity contribution in [3.8, 4) is 5.75 Å². The van der Waals surface area contributed by atoms with Gasteiger partial charge in [-0.25, -0.2) is 4.98 Å². The number of carbonyl (C=O) groups excluding carboxylic acids is 2. The lowest BCUT2D eigenvalue weighted by atomic mass is 9.95. The number of anilines is 1. The smallest absolute Gasteiger partial charge is 0.433 e. The van der Waals surface area contributed by atoms with Crippen LogP contribution in [0.3, 0.4) is 0 Å². The molecule has 0 aliphatic heterocycles. The van der Waals surface area contributed by atoms with Crippen molar-refractivity contribution >= 4 is 44.3 Å². The van der Waals surface area contributed by atoms with E-state index in [4.69, 9.17) is 4.74 Å². The Morgan fingerprint density at radius 1 is 1.14 bits per heavy atom. The summed E-state index contributed by atoms with van der Waals surface area (Å²) in [6.45, 7) is 4.27. The van der Waals surface area contributed by atoms with Gasteiger partial charge in [-0.05, 0) is 67.8 Å². The Balaban J connectivity index is 1.27. The fourth-order valence-corrected chi connectivity index (χ4v) is 5.36. The van der Waals surface area contributed by atoms with E-state index < -0.39 is 17.8 Å². The van der Waals surface area contributed by atoms with Gasteiger partial charge in [0.05, 0.1) is 47.7 Å². The van der Waals surface area contributed by atoms with Gasteiger partial charge >= 0.3 is 6.18 Å². The van der Waals surface area contributed by atoms with Crippen LogP contribution < -0.4 is 15.4 Å². The van der Waals surface area contributed by atoms with Gasteiger partial charge in [0.15, 0.2) is 0 Å². The first-order chi connectivity index (χ1) is 20.9. The fraction of sp³-hybridized carbons (Fsp3) is 0.250. The first kappa shape index (κ1) is 31.0. The maximum Gasteiger partial charge on any atom is 0.433 e. The van der Waals surface area contributed by atoms with Gasteiger partial charge in [-0.3, -0.25) is 14.3 Å². The molecule has 0 saturated carbocycles. The Morgan fingerprint density at radius 2 is 1.93 bits per heavy atom. The van der Waals surface area contributed by atoms with Gasteiger partial charge in [0.25, 0.3) is 5.91 Å². The van der Waals surface area contributed by atoms with E-state index in [9.17, 15) is 22.8 Å². The highest BCUT2D eigenvalue weighted by Gasteiger charge is 2.34. The van der Waals surface area contributed by atoms with Crippen molar-refractivity contribution in [3.63, 3.8) is 0 Å². The number of alkyl halides is 3. The fourth-order valence-electron chi connectivity index (χ4n) is 5.00. The number of aryl methyl sites for hydroxylation is 1. The standard InChI is InChI=1S/C32H29BrF3N5O3/c1-18-29(39-31(43)26-15-28(32(34,35)36)38-27-12-11-23(33)14-25(26)27)19(2)41(40-18)17-20-7-9-22(10-8-20)30(42)37-16-21-5-4-6-24(13-21)44-3/h4-9,11-15,22H,10,16-17H2,1-3H3,(H,37,42)(H,39,43). The number of rotatable bonds is 8. The highest BCUT2D eigenvalue weighted by molar-refractivity contribution is 9.10. The maximum absolute atomic E-state index is 13.6. The number of benzene rings is 2. The van der Waals surface area contributed by atoms with Gasteiger partial charge in [-0.15, -0.1) is 0 Å². The average Bonchev–Trinajstić information content (AvgIpc) is 3.26. The van der Waals surface area contributed by atoms with Crippen molar-refractivity contribution in [2.45, 2.75) is 39.5 Å². The van der Waals surface area contributed by atoms with Crippen LogP contribution >= 0.6 is 15.9 Å². The number of fused-ring (bicyclic) bond motifs is 1. The van der Waals surface area contributed by atoms with E-state index in [0.29, 0.717) is 41.1 Å². The molecule has 1 aliphatic rings. The van der Waals surface area contributed by atoms with Crippen molar-refractivity contribution in [1.82, 2.24) is 20.1 Å². The maximum atomic E-state index is 13.6. The number of pyridine rings is 1. The van der Waals surface area contributed by atoms with E-state index in [1.807, 2.05) is 42.5 Å². The molecule has 2 heterocycles. The summed E-state index contributed by atoms with van der Waals surface area (Å²) < 4.78 is 48.3. The number of aromatic nitrogens is 3. The number of hydrogen-bond donors (Lipinski definition) is 2. The van der Waals surface area contributed by atoms with Gasteiger partial charge < -0.3 is 15.4 Å². The third kappa shape index (κ3) is 6.85. The summed E-state index contributed by atoms with van der Waals surface area (Å²) in [6.07, 6.45) is 1.52. The number of halogens is 4.